The number of carbonyl (C=O) groups is 3. The van der Waals surface area contributed by atoms with Gasteiger partial charge in [0.1, 0.15) is 6.04 Å². The Morgan fingerprint density at radius 2 is 1.62 bits per heavy atom. The fourth-order valence-electron chi connectivity index (χ4n) is 2.05. The Bertz CT molecular complexity index is 392. The molecule has 120 valence electrons. The first-order valence-electron chi connectivity index (χ1n) is 7.09. The SMILES string of the molecule is CC(C)NC(=O)C(C)NC(=O)N1CCN(CC(=O)O)CC1. The summed E-state index contributed by atoms with van der Waals surface area (Å²) in [5, 5.41) is 14.1. The molecule has 1 aliphatic rings. The van der Waals surface area contributed by atoms with Gasteiger partial charge in [0, 0.05) is 32.2 Å². The Morgan fingerprint density at radius 3 is 2.10 bits per heavy atom. The second-order valence-electron chi connectivity index (χ2n) is 5.49. The number of carbonyl (C=O) groups excluding carboxylic acids is 2. The van der Waals surface area contributed by atoms with Crippen molar-refractivity contribution in [3.05, 3.63) is 0 Å². The molecule has 0 aromatic heterocycles. The van der Waals surface area contributed by atoms with Gasteiger partial charge in [0.25, 0.3) is 0 Å². The number of carboxylic acids is 1. The Kier molecular flexibility index (Phi) is 6.41. The number of aliphatic carboxylic acids is 1. The van der Waals surface area contributed by atoms with Crippen molar-refractivity contribution in [2.45, 2.75) is 32.9 Å². The Hall–Kier alpha value is -1.83. The third-order valence-electron chi connectivity index (χ3n) is 3.18. The summed E-state index contributed by atoms with van der Waals surface area (Å²) in [4.78, 5) is 37.7. The molecule has 1 fully saturated rings. The maximum Gasteiger partial charge on any atom is 0.318 e. The van der Waals surface area contributed by atoms with Crippen molar-refractivity contribution >= 4 is 17.9 Å². The molecule has 1 atom stereocenters. The Labute approximate surface area is 124 Å². The highest BCUT2D eigenvalue weighted by Crippen LogP contribution is 2.02. The third kappa shape index (κ3) is 5.99. The molecule has 8 heteroatoms. The molecule has 1 aliphatic heterocycles. The van der Waals surface area contributed by atoms with E-state index in [1.807, 2.05) is 13.8 Å². The Morgan fingerprint density at radius 1 is 1.05 bits per heavy atom. The summed E-state index contributed by atoms with van der Waals surface area (Å²) in [5.74, 6) is -1.09. The van der Waals surface area contributed by atoms with Gasteiger partial charge in [-0.3, -0.25) is 14.5 Å². The second kappa shape index (κ2) is 7.82. The number of hydrogen-bond acceptors (Lipinski definition) is 4. The van der Waals surface area contributed by atoms with E-state index in [4.69, 9.17) is 5.11 Å². The summed E-state index contributed by atoms with van der Waals surface area (Å²) < 4.78 is 0. The molecule has 1 unspecified atom stereocenters. The molecule has 0 saturated carbocycles. The van der Waals surface area contributed by atoms with Gasteiger partial charge in [-0.05, 0) is 20.8 Å². The molecule has 3 amide bonds. The maximum atomic E-state index is 12.0. The molecule has 0 aromatic rings. The molecule has 0 spiro atoms. The number of amides is 3. The summed E-state index contributed by atoms with van der Waals surface area (Å²) in [6.07, 6.45) is 0. The van der Waals surface area contributed by atoms with Crippen molar-refractivity contribution in [2.24, 2.45) is 0 Å². The summed E-state index contributed by atoms with van der Waals surface area (Å²) in [6, 6.07) is -0.871. The molecule has 0 aromatic carbocycles. The summed E-state index contributed by atoms with van der Waals surface area (Å²) in [7, 11) is 0. The zero-order valence-corrected chi connectivity index (χ0v) is 12.8. The van der Waals surface area contributed by atoms with Gasteiger partial charge in [-0.2, -0.15) is 0 Å². The van der Waals surface area contributed by atoms with Gasteiger partial charge in [-0.15, -0.1) is 0 Å². The second-order valence-corrected chi connectivity index (χ2v) is 5.49. The van der Waals surface area contributed by atoms with Gasteiger partial charge < -0.3 is 20.6 Å². The van der Waals surface area contributed by atoms with Crippen molar-refractivity contribution in [1.29, 1.82) is 0 Å². The molecular weight excluding hydrogens is 276 g/mol. The van der Waals surface area contributed by atoms with Crippen LogP contribution in [0.5, 0.6) is 0 Å². The molecule has 8 nitrogen and oxygen atoms in total. The normalized spacial score (nSPS) is 17.4. The minimum atomic E-state index is -0.869. The minimum Gasteiger partial charge on any atom is -0.480 e. The molecular formula is C13H24N4O4. The van der Waals surface area contributed by atoms with E-state index in [-0.39, 0.29) is 24.5 Å². The lowest BCUT2D eigenvalue weighted by Gasteiger charge is -2.34. The lowest BCUT2D eigenvalue weighted by molar-refractivity contribution is -0.138. The first-order chi connectivity index (χ1) is 9.79. The van der Waals surface area contributed by atoms with E-state index in [0.29, 0.717) is 26.2 Å². The number of hydrogen-bond donors (Lipinski definition) is 3. The summed E-state index contributed by atoms with van der Waals surface area (Å²) in [6.45, 7) is 7.29. The highest BCUT2D eigenvalue weighted by molar-refractivity contribution is 5.86. The number of nitrogens with zero attached hydrogens (tertiary/aromatic N) is 2. The van der Waals surface area contributed by atoms with Crippen molar-refractivity contribution in [3.63, 3.8) is 0 Å². The molecule has 1 heterocycles. The number of rotatable bonds is 5. The Balaban J connectivity index is 2.37. The molecule has 0 bridgehead atoms. The van der Waals surface area contributed by atoms with Gasteiger partial charge in [0.2, 0.25) is 5.91 Å². The lowest BCUT2D eigenvalue weighted by atomic mass is 10.2. The van der Waals surface area contributed by atoms with Crippen molar-refractivity contribution in [1.82, 2.24) is 20.4 Å². The van der Waals surface area contributed by atoms with E-state index >= 15 is 0 Å². The van der Waals surface area contributed by atoms with Crippen LogP contribution in [0, 0.1) is 0 Å². The number of piperazine rings is 1. The van der Waals surface area contributed by atoms with E-state index in [1.165, 1.54) is 0 Å². The van der Waals surface area contributed by atoms with E-state index < -0.39 is 12.0 Å². The van der Waals surface area contributed by atoms with E-state index in [9.17, 15) is 14.4 Å². The first kappa shape index (κ1) is 17.2. The third-order valence-corrected chi connectivity index (χ3v) is 3.18. The van der Waals surface area contributed by atoms with Gasteiger partial charge in [0.05, 0.1) is 6.54 Å². The van der Waals surface area contributed by atoms with Gasteiger partial charge in [-0.25, -0.2) is 4.79 Å². The molecule has 3 N–H and O–H groups in total. The standard InChI is InChI=1S/C13H24N4O4/c1-9(2)14-12(20)10(3)15-13(21)17-6-4-16(5-7-17)8-11(18)19/h9-10H,4-8H2,1-3H3,(H,14,20)(H,15,21)(H,18,19). The first-order valence-corrected chi connectivity index (χ1v) is 7.09. The van der Waals surface area contributed by atoms with Crippen molar-refractivity contribution < 1.29 is 19.5 Å². The zero-order chi connectivity index (χ0) is 16.0. The van der Waals surface area contributed by atoms with Crippen molar-refractivity contribution in [3.8, 4) is 0 Å². The summed E-state index contributed by atoms with van der Waals surface area (Å²) in [5.41, 5.74) is 0. The molecule has 1 saturated heterocycles. The molecule has 1 rings (SSSR count). The molecule has 0 aliphatic carbocycles. The fraction of sp³-hybridized carbons (Fsp3) is 0.769. The number of urea groups is 1. The topological polar surface area (TPSA) is 102 Å². The van der Waals surface area contributed by atoms with Crippen LogP contribution in [0.3, 0.4) is 0 Å². The van der Waals surface area contributed by atoms with E-state index in [2.05, 4.69) is 10.6 Å². The average molecular weight is 300 g/mol. The minimum absolute atomic E-state index is 0.0113. The van der Waals surface area contributed by atoms with Crippen molar-refractivity contribution in [2.75, 3.05) is 32.7 Å². The van der Waals surface area contributed by atoms with Crippen LogP contribution in [0.2, 0.25) is 0 Å². The smallest absolute Gasteiger partial charge is 0.318 e. The number of carboxylic acid groups (broad SMARTS) is 1. The van der Waals surface area contributed by atoms with Crippen LogP contribution >= 0.6 is 0 Å². The quantitative estimate of drug-likeness (QED) is 0.624. The van der Waals surface area contributed by atoms with Gasteiger partial charge >= 0.3 is 12.0 Å². The maximum absolute atomic E-state index is 12.0. The van der Waals surface area contributed by atoms with E-state index in [0.717, 1.165) is 0 Å². The van der Waals surface area contributed by atoms with Crippen LogP contribution in [0.25, 0.3) is 0 Å². The van der Waals surface area contributed by atoms with Crippen LogP contribution in [-0.2, 0) is 9.59 Å². The number of nitrogens with one attached hydrogen (secondary N) is 2. The van der Waals surface area contributed by atoms with Crippen LogP contribution in [0.4, 0.5) is 4.79 Å². The van der Waals surface area contributed by atoms with Crippen LogP contribution in [0.1, 0.15) is 20.8 Å². The van der Waals surface area contributed by atoms with Gasteiger partial charge in [-0.1, -0.05) is 0 Å². The predicted octanol–water partition coefficient (Wildman–Crippen LogP) is -0.689. The van der Waals surface area contributed by atoms with E-state index in [1.54, 1.807) is 16.7 Å². The van der Waals surface area contributed by atoms with Crippen LogP contribution < -0.4 is 10.6 Å². The van der Waals surface area contributed by atoms with Crippen LogP contribution in [-0.4, -0.2) is 77.6 Å². The van der Waals surface area contributed by atoms with Crippen LogP contribution in [0.15, 0.2) is 0 Å². The molecule has 21 heavy (non-hydrogen) atoms. The molecule has 0 radical (unpaired) electrons. The fourth-order valence-corrected chi connectivity index (χ4v) is 2.05. The zero-order valence-electron chi connectivity index (χ0n) is 12.8. The monoisotopic (exact) mass is 300 g/mol. The average Bonchev–Trinajstić information content (AvgIpc) is 2.37. The lowest BCUT2D eigenvalue weighted by Crippen LogP contribution is -2.56. The highest BCUT2D eigenvalue weighted by Gasteiger charge is 2.24. The summed E-state index contributed by atoms with van der Waals surface area (Å²) >= 11 is 0. The predicted molar refractivity (Wildman–Crippen MR) is 76.9 cm³/mol. The largest absolute Gasteiger partial charge is 0.480 e. The highest BCUT2D eigenvalue weighted by atomic mass is 16.4. The van der Waals surface area contributed by atoms with Gasteiger partial charge in [0.15, 0.2) is 0 Å².